The van der Waals surface area contributed by atoms with Gasteiger partial charge in [-0.25, -0.2) is 0 Å². The quantitative estimate of drug-likeness (QED) is 0.930. The number of carboxylic acids is 1. The topological polar surface area (TPSA) is 57.6 Å². The number of hydrogen-bond donors (Lipinski definition) is 1. The summed E-state index contributed by atoms with van der Waals surface area (Å²) in [6.07, 6.45) is 0. The van der Waals surface area contributed by atoms with Crippen LogP contribution in [0.1, 0.15) is 31.9 Å². The average molecular weight is 289 g/mol. The highest BCUT2D eigenvalue weighted by molar-refractivity contribution is 5.88. The number of rotatable bonds is 3. The predicted molar refractivity (Wildman–Crippen MR) is 81.1 cm³/mol. The van der Waals surface area contributed by atoms with Gasteiger partial charge in [-0.1, -0.05) is 31.2 Å². The van der Waals surface area contributed by atoms with Crippen molar-refractivity contribution in [1.82, 2.24) is 4.90 Å². The SMILES string of the molecule is Cc1ccccc1C(C)(C)C(=O)N1C[C@@H](C)[C@H](C(=O)O)C1. The minimum Gasteiger partial charge on any atom is -0.481 e. The van der Waals surface area contributed by atoms with E-state index in [0.29, 0.717) is 13.1 Å². The number of benzene rings is 1. The lowest BCUT2D eigenvalue weighted by Crippen LogP contribution is -2.43. The number of likely N-dealkylation sites (tertiary alicyclic amines) is 1. The Balaban J connectivity index is 2.24. The zero-order valence-electron chi connectivity index (χ0n) is 13.1. The van der Waals surface area contributed by atoms with E-state index in [1.54, 1.807) is 4.90 Å². The van der Waals surface area contributed by atoms with Crippen molar-refractivity contribution in [2.75, 3.05) is 13.1 Å². The smallest absolute Gasteiger partial charge is 0.308 e. The number of carbonyl (C=O) groups is 2. The molecule has 1 heterocycles. The van der Waals surface area contributed by atoms with Crippen molar-refractivity contribution in [2.45, 2.75) is 33.1 Å². The molecule has 1 aromatic carbocycles. The zero-order valence-corrected chi connectivity index (χ0v) is 13.1. The fourth-order valence-electron chi connectivity index (χ4n) is 3.24. The van der Waals surface area contributed by atoms with Gasteiger partial charge in [0.15, 0.2) is 0 Å². The molecule has 1 aliphatic heterocycles. The van der Waals surface area contributed by atoms with E-state index in [1.807, 2.05) is 52.0 Å². The molecule has 1 aromatic rings. The summed E-state index contributed by atoms with van der Waals surface area (Å²) in [5, 5.41) is 9.21. The van der Waals surface area contributed by atoms with Crippen LogP contribution >= 0.6 is 0 Å². The van der Waals surface area contributed by atoms with E-state index in [2.05, 4.69) is 0 Å². The number of carbonyl (C=O) groups excluding carboxylic acids is 1. The second-order valence-electron chi connectivity index (χ2n) is 6.57. The van der Waals surface area contributed by atoms with Gasteiger partial charge in [-0.2, -0.15) is 0 Å². The highest BCUT2D eigenvalue weighted by atomic mass is 16.4. The molecule has 4 nitrogen and oxygen atoms in total. The highest BCUT2D eigenvalue weighted by Gasteiger charge is 2.42. The maximum absolute atomic E-state index is 12.9. The van der Waals surface area contributed by atoms with Crippen LogP contribution in [0.4, 0.5) is 0 Å². The Morgan fingerprint density at radius 1 is 1.24 bits per heavy atom. The first-order valence-corrected chi connectivity index (χ1v) is 7.33. The number of amides is 1. The predicted octanol–water partition coefficient (Wildman–Crippen LogP) is 2.45. The molecule has 2 rings (SSSR count). The van der Waals surface area contributed by atoms with E-state index >= 15 is 0 Å². The van der Waals surface area contributed by atoms with Gasteiger partial charge in [-0.15, -0.1) is 0 Å². The molecule has 0 aromatic heterocycles. The Labute approximate surface area is 125 Å². The van der Waals surface area contributed by atoms with E-state index in [1.165, 1.54) is 0 Å². The Morgan fingerprint density at radius 3 is 2.38 bits per heavy atom. The van der Waals surface area contributed by atoms with Crippen LogP contribution in [0.25, 0.3) is 0 Å². The molecule has 1 fully saturated rings. The van der Waals surface area contributed by atoms with Crippen molar-refractivity contribution in [3.63, 3.8) is 0 Å². The summed E-state index contributed by atoms with van der Waals surface area (Å²) in [5.74, 6) is -1.26. The van der Waals surface area contributed by atoms with Crippen LogP contribution in [0.2, 0.25) is 0 Å². The number of nitrogens with zero attached hydrogens (tertiary/aromatic N) is 1. The Morgan fingerprint density at radius 2 is 1.86 bits per heavy atom. The fraction of sp³-hybridized carbons (Fsp3) is 0.529. The van der Waals surface area contributed by atoms with E-state index < -0.39 is 17.3 Å². The van der Waals surface area contributed by atoms with Crippen molar-refractivity contribution in [2.24, 2.45) is 11.8 Å². The van der Waals surface area contributed by atoms with Gasteiger partial charge < -0.3 is 10.0 Å². The van der Waals surface area contributed by atoms with Crippen LogP contribution in [0.5, 0.6) is 0 Å². The molecule has 0 saturated carbocycles. The second kappa shape index (κ2) is 5.51. The summed E-state index contributed by atoms with van der Waals surface area (Å²) in [4.78, 5) is 25.8. The molecule has 0 spiro atoms. The van der Waals surface area contributed by atoms with Crippen molar-refractivity contribution in [3.8, 4) is 0 Å². The van der Waals surface area contributed by atoms with Gasteiger partial charge in [0, 0.05) is 13.1 Å². The first-order valence-electron chi connectivity index (χ1n) is 7.33. The molecule has 1 saturated heterocycles. The minimum absolute atomic E-state index is 0.000815. The maximum atomic E-state index is 12.9. The van der Waals surface area contributed by atoms with Gasteiger partial charge in [-0.3, -0.25) is 9.59 Å². The van der Waals surface area contributed by atoms with Crippen molar-refractivity contribution in [1.29, 1.82) is 0 Å². The summed E-state index contributed by atoms with van der Waals surface area (Å²) in [6.45, 7) is 8.55. The summed E-state index contributed by atoms with van der Waals surface area (Å²) in [7, 11) is 0. The van der Waals surface area contributed by atoms with Crippen LogP contribution in [0.3, 0.4) is 0 Å². The molecule has 0 radical (unpaired) electrons. The molecular weight excluding hydrogens is 266 g/mol. The fourth-order valence-corrected chi connectivity index (χ4v) is 3.24. The summed E-state index contributed by atoms with van der Waals surface area (Å²) in [5.41, 5.74) is 1.44. The molecule has 4 heteroatoms. The van der Waals surface area contributed by atoms with Crippen LogP contribution in [-0.4, -0.2) is 35.0 Å². The molecule has 114 valence electrons. The summed E-state index contributed by atoms with van der Waals surface area (Å²) in [6, 6.07) is 7.86. The van der Waals surface area contributed by atoms with Crippen molar-refractivity contribution < 1.29 is 14.7 Å². The molecular formula is C17H23NO3. The summed E-state index contributed by atoms with van der Waals surface area (Å²) >= 11 is 0. The normalized spacial score (nSPS) is 22.4. The lowest BCUT2D eigenvalue weighted by Gasteiger charge is -2.31. The Bertz CT molecular complexity index is 565. The van der Waals surface area contributed by atoms with Crippen LogP contribution in [0.15, 0.2) is 24.3 Å². The third-order valence-corrected chi connectivity index (χ3v) is 4.57. The van der Waals surface area contributed by atoms with E-state index in [9.17, 15) is 14.7 Å². The van der Waals surface area contributed by atoms with Crippen molar-refractivity contribution >= 4 is 11.9 Å². The Hall–Kier alpha value is -1.84. The van der Waals surface area contributed by atoms with E-state index in [-0.39, 0.29) is 11.8 Å². The third-order valence-electron chi connectivity index (χ3n) is 4.57. The van der Waals surface area contributed by atoms with E-state index in [0.717, 1.165) is 11.1 Å². The number of aryl methyl sites for hydroxylation is 1. The largest absolute Gasteiger partial charge is 0.481 e. The molecule has 0 aliphatic carbocycles. The summed E-state index contributed by atoms with van der Waals surface area (Å²) < 4.78 is 0. The van der Waals surface area contributed by atoms with Gasteiger partial charge in [0.2, 0.25) is 5.91 Å². The molecule has 1 amide bonds. The molecule has 0 bridgehead atoms. The standard InChI is InChI=1S/C17H23NO3/c1-11-7-5-6-8-14(11)17(3,4)16(21)18-9-12(2)13(10-18)15(19)20/h5-8,12-13H,9-10H2,1-4H3,(H,19,20)/t12-,13-/m1/s1. The monoisotopic (exact) mass is 289 g/mol. The second-order valence-corrected chi connectivity index (χ2v) is 6.57. The van der Waals surface area contributed by atoms with Gasteiger partial charge in [0.1, 0.15) is 0 Å². The van der Waals surface area contributed by atoms with Crippen LogP contribution in [-0.2, 0) is 15.0 Å². The van der Waals surface area contributed by atoms with Gasteiger partial charge in [0.05, 0.1) is 11.3 Å². The van der Waals surface area contributed by atoms with E-state index in [4.69, 9.17) is 0 Å². The highest BCUT2D eigenvalue weighted by Crippen LogP contribution is 2.32. The molecule has 2 atom stereocenters. The van der Waals surface area contributed by atoms with Gasteiger partial charge in [-0.05, 0) is 37.8 Å². The molecule has 1 N–H and O–H groups in total. The van der Waals surface area contributed by atoms with Gasteiger partial charge in [0.25, 0.3) is 0 Å². The van der Waals surface area contributed by atoms with Crippen LogP contribution in [0, 0.1) is 18.8 Å². The number of hydrogen-bond acceptors (Lipinski definition) is 2. The first kappa shape index (κ1) is 15.5. The molecule has 21 heavy (non-hydrogen) atoms. The maximum Gasteiger partial charge on any atom is 0.308 e. The van der Waals surface area contributed by atoms with Crippen LogP contribution < -0.4 is 0 Å². The lowest BCUT2D eigenvalue weighted by atomic mass is 9.81. The minimum atomic E-state index is -0.813. The Kier molecular flexibility index (Phi) is 4.08. The molecule has 0 unspecified atom stereocenters. The molecule has 1 aliphatic rings. The first-order chi connectivity index (χ1) is 9.75. The third kappa shape index (κ3) is 2.80. The van der Waals surface area contributed by atoms with Gasteiger partial charge >= 0.3 is 5.97 Å². The zero-order chi connectivity index (χ0) is 15.8. The van der Waals surface area contributed by atoms with Crippen molar-refractivity contribution in [3.05, 3.63) is 35.4 Å². The number of carboxylic acid groups (broad SMARTS) is 1. The lowest BCUT2D eigenvalue weighted by molar-refractivity contribution is -0.142. The average Bonchev–Trinajstić information content (AvgIpc) is 2.80. The number of aliphatic carboxylic acids is 1.